The van der Waals surface area contributed by atoms with Crippen molar-refractivity contribution in [2.75, 3.05) is 6.54 Å². The first-order chi connectivity index (χ1) is 7.24. The Balaban J connectivity index is 1.79. The van der Waals surface area contributed by atoms with Crippen molar-refractivity contribution in [1.29, 1.82) is 0 Å². The van der Waals surface area contributed by atoms with Crippen LogP contribution in [-0.4, -0.2) is 23.7 Å². The molecule has 1 saturated carbocycles. The quantitative estimate of drug-likeness (QED) is 0.892. The molecule has 1 atom stereocenters. The van der Waals surface area contributed by atoms with Gasteiger partial charge in [-0.25, -0.2) is 0 Å². The van der Waals surface area contributed by atoms with Crippen molar-refractivity contribution in [3.8, 4) is 5.75 Å². The molecule has 1 aliphatic rings. The van der Waals surface area contributed by atoms with Gasteiger partial charge in [0.15, 0.2) is 0 Å². The van der Waals surface area contributed by atoms with Gasteiger partial charge in [0.1, 0.15) is 11.9 Å². The molecule has 1 aromatic rings. The molecule has 4 heteroatoms. The molecule has 1 aliphatic carbocycles. The molecule has 0 bridgehead atoms. The highest BCUT2D eigenvalue weighted by Gasteiger charge is 2.21. The molecule has 0 saturated heterocycles. The average molecular weight is 271 g/mol. The standard InChI is InChI=1S/C11H15BrN2O/c1-8(5-14-10-2-3-10)15-11-4-9(12)6-13-7-11/h4,6-8,10,14H,2-3,5H2,1H3. The molecular formula is C11H15BrN2O. The Labute approximate surface area is 98.4 Å². The van der Waals surface area contributed by atoms with Gasteiger partial charge in [0, 0.05) is 23.3 Å². The van der Waals surface area contributed by atoms with Gasteiger partial charge in [0.25, 0.3) is 0 Å². The van der Waals surface area contributed by atoms with Crippen LogP contribution in [0.3, 0.4) is 0 Å². The predicted octanol–water partition coefficient (Wildman–Crippen LogP) is 2.36. The topological polar surface area (TPSA) is 34.1 Å². The van der Waals surface area contributed by atoms with E-state index in [2.05, 4.69) is 33.2 Å². The smallest absolute Gasteiger partial charge is 0.139 e. The first kappa shape index (κ1) is 10.9. The van der Waals surface area contributed by atoms with Crippen LogP contribution in [0.15, 0.2) is 22.9 Å². The number of hydrogen-bond donors (Lipinski definition) is 1. The number of nitrogens with zero attached hydrogens (tertiary/aromatic N) is 1. The summed E-state index contributed by atoms with van der Waals surface area (Å²) in [5.74, 6) is 0.814. The van der Waals surface area contributed by atoms with Crippen LogP contribution in [0.4, 0.5) is 0 Å². The van der Waals surface area contributed by atoms with Gasteiger partial charge in [0.05, 0.1) is 6.20 Å². The van der Waals surface area contributed by atoms with E-state index in [0.29, 0.717) is 0 Å². The SMILES string of the molecule is CC(CNC1CC1)Oc1cncc(Br)c1. The Morgan fingerprint density at radius 2 is 2.40 bits per heavy atom. The van der Waals surface area contributed by atoms with E-state index < -0.39 is 0 Å². The minimum absolute atomic E-state index is 0.182. The molecule has 0 radical (unpaired) electrons. The van der Waals surface area contributed by atoms with Gasteiger partial charge in [-0.2, -0.15) is 0 Å². The maximum absolute atomic E-state index is 5.72. The summed E-state index contributed by atoms with van der Waals surface area (Å²) >= 11 is 3.37. The van der Waals surface area contributed by atoms with Gasteiger partial charge in [-0.1, -0.05) is 0 Å². The second-order valence-electron chi connectivity index (χ2n) is 3.95. The van der Waals surface area contributed by atoms with Crippen molar-refractivity contribution >= 4 is 15.9 Å². The number of pyridine rings is 1. The third kappa shape index (κ3) is 3.80. The lowest BCUT2D eigenvalue weighted by Gasteiger charge is -2.14. The monoisotopic (exact) mass is 270 g/mol. The van der Waals surface area contributed by atoms with Crippen molar-refractivity contribution in [3.63, 3.8) is 0 Å². The van der Waals surface area contributed by atoms with Crippen LogP contribution in [0, 0.1) is 0 Å². The molecule has 1 fully saturated rings. The van der Waals surface area contributed by atoms with Crippen LogP contribution < -0.4 is 10.1 Å². The Hall–Kier alpha value is -0.610. The zero-order chi connectivity index (χ0) is 10.7. The van der Waals surface area contributed by atoms with Gasteiger partial charge >= 0.3 is 0 Å². The van der Waals surface area contributed by atoms with Crippen LogP contribution in [0.1, 0.15) is 19.8 Å². The van der Waals surface area contributed by atoms with Gasteiger partial charge in [0.2, 0.25) is 0 Å². The Morgan fingerprint density at radius 1 is 1.60 bits per heavy atom. The zero-order valence-corrected chi connectivity index (χ0v) is 10.3. The lowest BCUT2D eigenvalue weighted by molar-refractivity contribution is 0.216. The van der Waals surface area contributed by atoms with Crippen molar-refractivity contribution in [3.05, 3.63) is 22.9 Å². The fourth-order valence-corrected chi connectivity index (χ4v) is 1.69. The van der Waals surface area contributed by atoms with Crippen molar-refractivity contribution < 1.29 is 4.74 Å². The van der Waals surface area contributed by atoms with E-state index in [4.69, 9.17) is 4.74 Å². The molecule has 1 aromatic heterocycles. The molecular weight excluding hydrogens is 256 g/mol. The number of hydrogen-bond acceptors (Lipinski definition) is 3. The van der Waals surface area contributed by atoms with Crippen molar-refractivity contribution in [2.24, 2.45) is 0 Å². The van der Waals surface area contributed by atoms with Crippen molar-refractivity contribution in [2.45, 2.75) is 31.9 Å². The van der Waals surface area contributed by atoms with E-state index in [9.17, 15) is 0 Å². The lowest BCUT2D eigenvalue weighted by Crippen LogP contribution is -2.30. The highest BCUT2D eigenvalue weighted by Crippen LogP contribution is 2.19. The largest absolute Gasteiger partial charge is 0.488 e. The van der Waals surface area contributed by atoms with E-state index in [-0.39, 0.29) is 6.10 Å². The molecule has 0 spiro atoms. The molecule has 1 heterocycles. The molecule has 0 aliphatic heterocycles. The Bertz CT molecular complexity index is 328. The highest BCUT2D eigenvalue weighted by molar-refractivity contribution is 9.10. The number of aromatic nitrogens is 1. The molecule has 82 valence electrons. The van der Waals surface area contributed by atoms with Gasteiger partial charge in [-0.15, -0.1) is 0 Å². The van der Waals surface area contributed by atoms with E-state index in [1.165, 1.54) is 12.8 Å². The highest BCUT2D eigenvalue weighted by atomic mass is 79.9. The summed E-state index contributed by atoms with van der Waals surface area (Å²) in [5, 5.41) is 3.43. The molecule has 0 aromatic carbocycles. The molecule has 1 unspecified atom stereocenters. The average Bonchev–Trinajstić information content (AvgIpc) is 2.98. The summed E-state index contributed by atoms with van der Waals surface area (Å²) in [6, 6.07) is 2.66. The van der Waals surface area contributed by atoms with E-state index >= 15 is 0 Å². The van der Waals surface area contributed by atoms with Crippen molar-refractivity contribution in [1.82, 2.24) is 10.3 Å². The summed E-state index contributed by atoms with van der Waals surface area (Å²) in [5.41, 5.74) is 0. The fraction of sp³-hybridized carbons (Fsp3) is 0.545. The van der Waals surface area contributed by atoms with Crippen LogP contribution in [0.2, 0.25) is 0 Å². The second kappa shape index (κ2) is 4.94. The Morgan fingerprint density at radius 3 is 3.07 bits per heavy atom. The van der Waals surface area contributed by atoms with Crippen LogP contribution in [0.25, 0.3) is 0 Å². The number of nitrogens with one attached hydrogen (secondary N) is 1. The maximum Gasteiger partial charge on any atom is 0.139 e. The van der Waals surface area contributed by atoms with Gasteiger partial charge in [-0.05, 0) is 41.8 Å². The number of ether oxygens (including phenoxy) is 1. The molecule has 3 nitrogen and oxygen atoms in total. The maximum atomic E-state index is 5.72. The second-order valence-corrected chi connectivity index (χ2v) is 4.87. The lowest BCUT2D eigenvalue weighted by atomic mass is 10.4. The summed E-state index contributed by atoms with van der Waals surface area (Å²) in [4.78, 5) is 4.05. The first-order valence-corrected chi connectivity index (χ1v) is 6.04. The molecule has 15 heavy (non-hydrogen) atoms. The number of halogens is 1. The number of rotatable bonds is 5. The minimum Gasteiger partial charge on any atom is -0.488 e. The summed E-state index contributed by atoms with van der Waals surface area (Å²) in [6.45, 7) is 2.97. The van der Waals surface area contributed by atoms with Crippen LogP contribution in [0.5, 0.6) is 5.75 Å². The van der Waals surface area contributed by atoms with Crippen LogP contribution >= 0.6 is 15.9 Å². The molecule has 0 amide bonds. The van der Waals surface area contributed by atoms with Gasteiger partial charge < -0.3 is 10.1 Å². The summed E-state index contributed by atoms with van der Waals surface area (Å²) < 4.78 is 6.66. The minimum atomic E-state index is 0.182. The van der Waals surface area contributed by atoms with E-state index in [1.807, 2.05) is 6.07 Å². The first-order valence-electron chi connectivity index (χ1n) is 5.24. The van der Waals surface area contributed by atoms with Crippen LogP contribution in [-0.2, 0) is 0 Å². The van der Waals surface area contributed by atoms with E-state index in [1.54, 1.807) is 12.4 Å². The zero-order valence-electron chi connectivity index (χ0n) is 8.74. The molecule has 1 N–H and O–H groups in total. The normalized spacial score (nSPS) is 17.5. The third-order valence-corrected chi connectivity index (χ3v) is 2.72. The third-order valence-electron chi connectivity index (χ3n) is 2.29. The van der Waals surface area contributed by atoms with Gasteiger partial charge in [-0.3, -0.25) is 4.98 Å². The van der Waals surface area contributed by atoms with E-state index in [0.717, 1.165) is 22.8 Å². The summed E-state index contributed by atoms with van der Waals surface area (Å²) in [6.07, 6.45) is 6.29. The predicted molar refractivity (Wildman–Crippen MR) is 63.1 cm³/mol. The fourth-order valence-electron chi connectivity index (χ4n) is 1.35. The molecule has 2 rings (SSSR count). The summed E-state index contributed by atoms with van der Waals surface area (Å²) in [7, 11) is 0. The Kier molecular flexibility index (Phi) is 3.59.